The largest absolute Gasteiger partial charge is 0.378 e. The Morgan fingerprint density at radius 2 is 2.14 bits per heavy atom. The molecule has 1 aliphatic rings. The smallest absolute Gasteiger partial charge is 0.224 e. The van der Waals surface area contributed by atoms with E-state index in [1.807, 2.05) is 36.2 Å². The van der Waals surface area contributed by atoms with E-state index in [1.165, 1.54) is 5.56 Å². The maximum atomic E-state index is 12.3. The van der Waals surface area contributed by atoms with Crippen molar-refractivity contribution in [1.29, 1.82) is 0 Å². The van der Waals surface area contributed by atoms with Crippen molar-refractivity contribution in [2.24, 2.45) is 0 Å². The van der Waals surface area contributed by atoms with Crippen molar-refractivity contribution < 1.29 is 9.53 Å². The molecule has 22 heavy (non-hydrogen) atoms. The first-order valence-corrected chi connectivity index (χ1v) is 7.75. The molecule has 2 unspecified atom stereocenters. The molecular formula is C16H24Cl2N2O2. The number of likely N-dealkylation sites (N-methyl/N-ethyl adjacent to an activating group) is 1. The number of halogens is 2. The number of hydrogen-bond acceptors (Lipinski definition) is 3. The van der Waals surface area contributed by atoms with E-state index in [9.17, 15) is 4.79 Å². The lowest BCUT2D eigenvalue weighted by atomic mass is 10.1. The summed E-state index contributed by atoms with van der Waals surface area (Å²) in [5, 5.41) is 4.05. The first-order chi connectivity index (χ1) is 10.1. The zero-order valence-corrected chi connectivity index (χ0v) is 14.6. The summed E-state index contributed by atoms with van der Waals surface area (Å²) in [5.41, 5.74) is 1.19. The first-order valence-electron chi connectivity index (χ1n) is 7.37. The Hall–Kier alpha value is -0.810. The van der Waals surface area contributed by atoms with Crippen LogP contribution < -0.4 is 5.32 Å². The van der Waals surface area contributed by atoms with Gasteiger partial charge in [0.2, 0.25) is 5.91 Å². The topological polar surface area (TPSA) is 41.6 Å². The molecule has 0 saturated carbocycles. The van der Waals surface area contributed by atoms with Crippen molar-refractivity contribution in [2.75, 3.05) is 26.8 Å². The molecule has 0 bridgehead atoms. The predicted octanol–water partition coefficient (Wildman–Crippen LogP) is 2.53. The van der Waals surface area contributed by atoms with Crippen LogP contribution in [0.1, 0.15) is 18.9 Å². The van der Waals surface area contributed by atoms with Crippen LogP contribution in [0.4, 0.5) is 0 Å². The molecular weight excluding hydrogens is 323 g/mol. The molecule has 0 radical (unpaired) electrons. The third-order valence-electron chi connectivity index (χ3n) is 3.92. The lowest BCUT2D eigenvalue weighted by Crippen LogP contribution is -2.46. The summed E-state index contributed by atoms with van der Waals surface area (Å²) in [4.78, 5) is 14.1. The molecule has 2 rings (SSSR count). The van der Waals surface area contributed by atoms with Crippen molar-refractivity contribution in [2.45, 2.75) is 31.8 Å². The van der Waals surface area contributed by atoms with Gasteiger partial charge in [0, 0.05) is 37.1 Å². The van der Waals surface area contributed by atoms with E-state index in [1.54, 1.807) is 0 Å². The SMILES string of the molecule is CC(Cc1ccc(Cl)cc1)N(C)C(=O)CC1COCCN1.Cl. The monoisotopic (exact) mass is 346 g/mol. The van der Waals surface area contributed by atoms with Crippen LogP contribution in [0.2, 0.25) is 5.02 Å². The molecule has 1 amide bonds. The Kier molecular flexibility index (Phi) is 8.18. The quantitative estimate of drug-likeness (QED) is 0.890. The molecule has 0 aliphatic carbocycles. The molecule has 124 valence electrons. The summed E-state index contributed by atoms with van der Waals surface area (Å²) >= 11 is 5.89. The van der Waals surface area contributed by atoms with Crippen LogP contribution in [-0.2, 0) is 16.0 Å². The summed E-state index contributed by atoms with van der Waals surface area (Å²) in [5.74, 6) is 0.152. The molecule has 6 heteroatoms. The summed E-state index contributed by atoms with van der Waals surface area (Å²) in [7, 11) is 1.87. The zero-order valence-electron chi connectivity index (χ0n) is 13.0. The number of ether oxygens (including phenoxy) is 1. The molecule has 1 N–H and O–H groups in total. The molecule has 0 spiro atoms. The zero-order chi connectivity index (χ0) is 15.2. The van der Waals surface area contributed by atoms with Gasteiger partial charge in [0.1, 0.15) is 0 Å². The lowest BCUT2D eigenvalue weighted by Gasteiger charge is -2.29. The standard InChI is InChI=1S/C16H23ClN2O2.ClH/c1-12(9-13-3-5-14(17)6-4-13)19(2)16(20)10-15-11-21-8-7-18-15;/h3-6,12,15,18H,7-11H2,1-2H3;1H. The number of nitrogens with zero attached hydrogens (tertiary/aromatic N) is 1. The van der Waals surface area contributed by atoms with Crippen LogP contribution in [0.3, 0.4) is 0 Å². The van der Waals surface area contributed by atoms with Crippen LogP contribution in [0.15, 0.2) is 24.3 Å². The van der Waals surface area contributed by atoms with Crippen LogP contribution in [0, 0.1) is 0 Å². The minimum atomic E-state index is 0. The van der Waals surface area contributed by atoms with Gasteiger partial charge in [-0.05, 0) is 31.0 Å². The average molecular weight is 347 g/mol. The fraction of sp³-hybridized carbons (Fsp3) is 0.562. The molecule has 2 atom stereocenters. The summed E-state index contributed by atoms with van der Waals surface area (Å²) in [6.07, 6.45) is 1.31. The highest BCUT2D eigenvalue weighted by Gasteiger charge is 2.22. The first kappa shape index (κ1) is 19.2. The van der Waals surface area contributed by atoms with Crippen molar-refractivity contribution in [1.82, 2.24) is 10.2 Å². The van der Waals surface area contributed by atoms with Gasteiger partial charge in [-0.25, -0.2) is 0 Å². The number of carbonyl (C=O) groups is 1. The van der Waals surface area contributed by atoms with Crippen LogP contribution in [-0.4, -0.2) is 49.7 Å². The number of benzene rings is 1. The van der Waals surface area contributed by atoms with Gasteiger partial charge >= 0.3 is 0 Å². The van der Waals surface area contributed by atoms with Crippen LogP contribution >= 0.6 is 24.0 Å². The number of amides is 1. The van der Waals surface area contributed by atoms with E-state index in [0.29, 0.717) is 13.0 Å². The summed E-state index contributed by atoms with van der Waals surface area (Å²) in [6, 6.07) is 8.07. The number of hydrogen-bond donors (Lipinski definition) is 1. The number of morpholine rings is 1. The maximum absolute atomic E-state index is 12.3. The second-order valence-electron chi connectivity index (χ2n) is 5.61. The van der Waals surface area contributed by atoms with E-state index in [0.717, 1.165) is 24.6 Å². The molecule has 1 saturated heterocycles. The predicted molar refractivity (Wildman–Crippen MR) is 91.9 cm³/mol. The van der Waals surface area contributed by atoms with Gasteiger partial charge in [-0.1, -0.05) is 23.7 Å². The third kappa shape index (κ3) is 5.76. The average Bonchev–Trinajstić information content (AvgIpc) is 2.49. The molecule has 1 aliphatic heterocycles. The van der Waals surface area contributed by atoms with E-state index in [4.69, 9.17) is 16.3 Å². The molecule has 1 fully saturated rings. The van der Waals surface area contributed by atoms with Crippen LogP contribution in [0.5, 0.6) is 0 Å². The van der Waals surface area contributed by atoms with Crippen molar-refractivity contribution in [3.05, 3.63) is 34.9 Å². The number of nitrogens with one attached hydrogen (secondary N) is 1. The Bertz CT molecular complexity index is 462. The van der Waals surface area contributed by atoms with Crippen LogP contribution in [0.25, 0.3) is 0 Å². The van der Waals surface area contributed by atoms with Gasteiger partial charge in [-0.3, -0.25) is 4.79 Å². The summed E-state index contributed by atoms with van der Waals surface area (Å²) in [6.45, 7) is 4.23. The van der Waals surface area contributed by atoms with E-state index in [2.05, 4.69) is 12.2 Å². The van der Waals surface area contributed by atoms with E-state index in [-0.39, 0.29) is 30.4 Å². The third-order valence-corrected chi connectivity index (χ3v) is 4.17. The molecule has 0 aromatic heterocycles. The maximum Gasteiger partial charge on any atom is 0.224 e. The minimum absolute atomic E-state index is 0. The number of carbonyl (C=O) groups excluding carboxylic acids is 1. The highest BCUT2D eigenvalue weighted by molar-refractivity contribution is 6.30. The second kappa shape index (κ2) is 9.36. The van der Waals surface area contributed by atoms with Gasteiger partial charge in [-0.2, -0.15) is 0 Å². The van der Waals surface area contributed by atoms with Gasteiger partial charge in [0.25, 0.3) is 0 Å². The van der Waals surface area contributed by atoms with Crippen molar-refractivity contribution >= 4 is 29.9 Å². The fourth-order valence-corrected chi connectivity index (χ4v) is 2.58. The molecule has 1 heterocycles. The molecule has 4 nitrogen and oxygen atoms in total. The fourth-order valence-electron chi connectivity index (χ4n) is 2.45. The molecule has 1 aromatic carbocycles. The number of rotatable bonds is 5. The summed E-state index contributed by atoms with van der Waals surface area (Å²) < 4.78 is 5.38. The van der Waals surface area contributed by atoms with Crippen molar-refractivity contribution in [3.63, 3.8) is 0 Å². The Balaban J connectivity index is 0.00000242. The highest BCUT2D eigenvalue weighted by atomic mass is 35.5. The van der Waals surface area contributed by atoms with Gasteiger partial charge in [0.15, 0.2) is 0 Å². The van der Waals surface area contributed by atoms with E-state index < -0.39 is 0 Å². The Morgan fingerprint density at radius 3 is 2.73 bits per heavy atom. The Morgan fingerprint density at radius 1 is 1.45 bits per heavy atom. The van der Waals surface area contributed by atoms with Gasteiger partial charge < -0.3 is 15.0 Å². The molecule has 1 aromatic rings. The normalized spacial score (nSPS) is 19.1. The lowest BCUT2D eigenvalue weighted by molar-refractivity contribution is -0.132. The van der Waals surface area contributed by atoms with Crippen molar-refractivity contribution in [3.8, 4) is 0 Å². The van der Waals surface area contributed by atoms with Gasteiger partial charge in [-0.15, -0.1) is 12.4 Å². The van der Waals surface area contributed by atoms with E-state index >= 15 is 0 Å². The van der Waals surface area contributed by atoms with Gasteiger partial charge in [0.05, 0.1) is 13.2 Å². The highest BCUT2D eigenvalue weighted by Crippen LogP contribution is 2.13. The Labute approximate surface area is 143 Å². The minimum Gasteiger partial charge on any atom is -0.378 e. The second-order valence-corrected chi connectivity index (χ2v) is 6.05.